The van der Waals surface area contributed by atoms with Gasteiger partial charge in [0.2, 0.25) is 0 Å². The number of esters is 1. The van der Waals surface area contributed by atoms with E-state index in [-0.39, 0.29) is 12.6 Å². The lowest BCUT2D eigenvalue weighted by Gasteiger charge is -2.21. The molecule has 0 atom stereocenters. The molecule has 2 aromatic carbocycles. The Bertz CT molecular complexity index is 707. The van der Waals surface area contributed by atoms with Gasteiger partial charge in [-0.15, -0.1) is 0 Å². The highest BCUT2D eigenvalue weighted by atomic mass is 16.5. The van der Waals surface area contributed by atoms with Crippen molar-refractivity contribution in [2.24, 2.45) is 5.41 Å². The maximum Gasteiger partial charge on any atom is 0.311 e. The predicted octanol–water partition coefficient (Wildman–Crippen LogP) is 4.93. The predicted molar refractivity (Wildman–Crippen MR) is 102 cm³/mol. The van der Waals surface area contributed by atoms with E-state index in [0.29, 0.717) is 13.2 Å². The molecular formula is C22H28O4. The van der Waals surface area contributed by atoms with Crippen molar-refractivity contribution in [2.45, 2.75) is 40.7 Å². The van der Waals surface area contributed by atoms with Gasteiger partial charge in [-0.2, -0.15) is 0 Å². The van der Waals surface area contributed by atoms with Crippen LogP contribution < -0.4 is 9.47 Å². The Hall–Kier alpha value is -2.49. The molecule has 0 unspecified atom stereocenters. The lowest BCUT2D eigenvalue weighted by Crippen LogP contribution is -2.25. The summed E-state index contributed by atoms with van der Waals surface area (Å²) in [5.41, 5.74) is 1.40. The number of hydrogen-bond acceptors (Lipinski definition) is 4. The molecular weight excluding hydrogens is 328 g/mol. The fourth-order valence-corrected chi connectivity index (χ4v) is 2.34. The molecule has 0 heterocycles. The second kappa shape index (κ2) is 9.27. The zero-order valence-corrected chi connectivity index (χ0v) is 16.1. The van der Waals surface area contributed by atoms with Crippen molar-refractivity contribution in [1.29, 1.82) is 0 Å². The van der Waals surface area contributed by atoms with E-state index in [4.69, 9.17) is 14.2 Å². The number of hydrogen-bond donors (Lipinski definition) is 0. The number of para-hydroxylation sites is 2. The minimum atomic E-state index is -0.478. The first-order valence-corrected chi connectivity index (χ1v) is 9.00. The van der Waals surface area contributed by atoms with Crippen LogP contribution in [0.25, 0.3) is 0 Å². The van der Waals surface area contributed by atoms with E-state index in [0.717, 1.165) is 29.0 Å². The summed E-state index contributed by atoms with van der Waals surface area (Å²) < 4.78 is 17.1. The maximum atomic E-state index is 12.2. The number of carbonyl (C=O) groups excluding carboxylic acids is 1. The van der Waals surface area contributed by atoms with Gasteiger partial charge in [-0.05, 0) is 44.9 Å². The molecule has 0 saturated carbocycles. The molecule has 0 N–H and O–H groups in total. The van der Waals surface area contributed by atoms with E-state index >= 15 is 0 Å². The second-order valence-electron chi connectivity index (χ2n) is 6.89. The summed E-state index contributed by atoms with van der Waals surface area (Å²) in [7, 11) is 0. The number of benzene rings is 2. The van der Waals surface area contributed by atoms with Crippen molar-refractivity contribution in [2.75, 3.05) is 13.2 Å². The monoisotopic (exact) mass is 356 g/mol. The first kappa shape index (κ1) is 19.8. The van der Waals surface area contributed by atoms with Crippen LogP contribution in [0.5, 0.6) is 11.5 Å². The van der Waals surface area contributed by atoms with Crippen LogP contribution in [0.3, 0.4) is 0 Å². The lowest BCUT2D eigenvalue weighted by atomic mass is 9.91. The highest BCUT2D eigenvalue weighted by molar-refractivity contribution is 5.75. The van der Waals surface area contributed by atoms with E-state index < -0.39 is 5.41 Å². The summed E-state index contributed by atoms with van der Waals surface area (Å²) in [6.07, 6.45) is 0.736. The molecule has 0 aromatic heterocycles. The summed E-state index contributed by atoms with van der Waals surface area (Å²) in [6.45, 7) is 8.82. The molecule has 0 radical (unpaired) electrons. The Balaban J connectivity index is 1.92. The van der Waals surface area contributed by atoms with Crippen LogP contribution in [0.15, 0.2) is 48.5 Å². The van der Waals surface area contributed by atoms with Gasteiger partial charge in [0.15, 0.2) is 0 Å². The van der Waals surface area contributed by atoms with E-state index in [2.05, 4.69) is 0 Å². The van der Waals surface area contributed by atoms with Crippen LogP contribution in [0, 0.1) is 12.3 Å². The van der Waals surface area contributed by atoms with Gasteiger partial charge in [0, 0.05) is 5.56 Å². The highest BCUT2D eigenvalue weighted by Gasteiger charge is 2.27. The molecule has 0 aliphatic heterocycles. The van der Waals surface area contributed by atoms with E-state index in [1.807, 2.05) is 76.2 Å². The Kier molecular flexibility index (Phi) is 7.07. The van der Waals surface area contributed by atoms with Gasteiger partial charge in [0.1, 0.15) is 31.3 Å². The molecule has 2 aromatic rings. The third-order valence-electron chi connectivity index (χ3n) is 4.43. The van der Waals surface area contributed by atoms with Gasteiger partial charge in [0.25, 0.3) is 0 Å². The van der Waals surface area contributed by atoms with Crippen molar-refractivity contribution in [3.05, 3.63) is 59.7 Å². The van der Waals surface area contributed by atoms with Gasteiger partial charge in [-0.1, -0.05) is 43.3 Å². The Labute approximate surface area is 156 Å². The molecule has 0 aliphatic carbocycles. The number of carbonyl (C=O) groups is 1. The molecule has 2 rings (SSSR count). The topological polar surface area (TPSA) is 44.8 Å². The molecule has 4 heteroatoms. The molecule has 140 valence electrons. The van der Waals surface area contributed by atoms with Crippen LogP contribution in [0.1, 0.15) is 38.3 Å². The van der Waals surface area contributed by atoms with Crippen LogP contribution in [-0.4, -0.2) is 19.2 Å². The third kappa shape index (κ3) is 5.51. The fraction of sp³-hybridized carbons (Fsp3) is 0.409. The molecule has 0 saturated heterocycles. The normalized spacial score (nSPS) is 11.1. The molecule has 4 nitrogen and oxygen atoms in total. The maximum absolute atomic E-state index is 12.2. The zero-order valence-electron chi connectivity index (χ0n) is 16.1. The summed E-state index contributed by atoms with van der Waals surface area (Å²) in [4.78, 5) is 12.2. The van der Waals surface area contributed by atoms with Crippen molar-refractivity contribution >= 4 is 5.97 Å². The van der Waals surface area contributed by atoms with Crippen molar-refractivity contribution < 1.29 is 19.0 Å². The second-order valence-corrected chi connectivity index (χ2v) is 6.89. The number of rotatable bonds is 9. The van der Waals surface area contributed by atoms with E-state index in [1.165, 1.54) is 0 Å². The smallest absolute Gasteiger partial charge is 0.311 e. The Morgan fingerprint density at radius 1 is 0.962 bits per heavy atom. The lowest BCUT2D eigenvalue weighted by molar-refractivity contribution is -0.155. The standard InChI is InChI=1S/C22H28O4/c1-5-22(3,4)21(23)26-16-18-11-9-10-17(2)20(18)25-15-14-24-19-12-7-6-8-13-19/h6-13H,5,14-16H2,1-4H3. The Morgan fingerprint density at radius 3 is 2.35 bits per heavy atom. The summed E-state index contributed by atoms with van der Waals surface area (Å²) >= 11 is 0. The summed E-state index contributed by atoms with van der Waals surface area (Å²) in [5.74, 6) is 1.38. The highest BCUT2D eigenvalue weighted by Crippen LogP contribution is 2.27. The zero-order chi connectivity index (χ0) is 19.0. The van der Waals surface area contributed by atoms with E-state index in [9.17, 15) is 4.79 Å². The number of ether oxygens (including phenoxy) is 3. The average Bonchev–Trinajstić information content (AvgIpc) is 2.65. The van der Waals surface area contributed by atoms with Gasteiger partial charge < -0.3 is 14.2 Å². The number of aryl methyl sites for hydroxylation is 1. The Morgan fingerprint density at radius 2 is 1.65 bits per heavy atom. The summed E-state index contributed by atoms with van der Waals surface area (Å²) in [6, 6.07) is 15.5. The fourth-order valence-electron chi connectivity index (χ4n) is 2.34. The van der Waals surface area contributed by atoms with Crippen LogP contribution >= 0.6 is 0 Å². The SMILES string of the molecule is CCC(C)(C)C(=O)OCc1cccc(C)c1OCCOc1ccccc1. The third-order valence-corrected chi connectivity index (χ3v) is 4.43. The summed E-state index contributed by atoms with van der Waals surface area (Å²) in [5, 5.41) is 0. The minimum Gasteiger partial charge on any atom is -0.490 e. The van der Waals surface area contributed by atoms with E-state index in [1.54, 1.807) is 0 Å². The van der Waals surface area contributed by atoms with Crippen LogP contribution in [0.4, 0.5) is 0 Å². The van der Waals surface area contributed by atoms with Gasteiger partial charge in [0.05, 0.1) is 5.41 Å². The van der Waals surface area contributed by atoms with Crippen molar-refractivity contribution in [1.82, 2.24) is 0 Å². The first-order chi connectivity index (χ1) is 12.4. The molecule has 0 amide bonds. The largest absolute Gasteiger partial charge is 0.490 e. The van der Waals surface area contributed by atoms with Gasteiger partial charge >= 0.3 is 5.97 Å². The molecule has 0 bridgehead atoms. The van der Waals surface area contributed by atoms with Crippen molar-refractivity contribution in [3.63, 3.8) is 0 Å². The first-order valence-electron chi connectivity index (χ1n) is 9.00. The molecule has 0 spiro atoms. The molecule has 26 heavy (non-hydrogen) atoms. The van der Waals surface area contributed by atoms with Crippen LogP contribution in [0.2, 0.25) is 0 Å². The van der Waals surface area contributed by atoms with Crippen molar-refractivity contribution in [3.8, 4) is 11.5 Å². The van der Waals surface area contributed by atoms with Crippen LogP contribution in [-0.2, 0) is 16.1 Å². The quantitative estimate of drug-likeness (QED) is 0.472. The molecule has 0 aliphatic rings. The molecule has 0 fully saturated rings. The average molecular weight is 356 g/mol. The van der Waals surface area contributed by atoms with Gasteiger partial charge in [-0.25, -0.2) is 0 Å². The minimum absolute atomic E-state index is 0.195. The van der Waals surface area contributed by atoms with Gasteiger partial charge in [-0.3, -0.25) is 4.79 Å².